The Kier molecular flexibility index (Phi) is 6.77. The van der Waals surface area contributed by atoms with Crippen molar-refractivity contribution in [1.82, 2.24) is 28.6 Å². The number of piperidine rings is 1. The molecule has 1 aliphatic heterocycles. The van der Waals surface area contributed by atoms with Gasteiger partial charge in [-0.3, -0.25) is 13.9 Å². The molecule has 1 atom stereocenters. The van der Waals surface area contributed by atoms with Crippen molar-refractivity contribution in [2.75, 3.05) is 13.1 Å². The number of aromatic nitrogens is 5. The lowest BCUT2D eigenvalue weighted by molar-refractivity contribution is -0.136. The van der Waals surface area contributed by atoms with Crippen LogP contribution >= 0.6 is 0 Å². The molecule has 0 spiro atoms. The van der Waals surface area contributed by atoms with Crippen molar-refractivity contribution in [3.63, 3.8) is 0 Å². The molecule has 1 saturated carbocycles. The molecule has 0 unspecified atom stereocenters. The lowest BCUT2D eigenvalue weighted by atomic mass is 9.57. The fraction of sp³-hybridized carbons (Fsp3) is 0.467. The smallest absolute Gasteiger partial charge is 0.320 e. The molecule has 0 N–H and O–H groups in total. The molecule has 3 aromatic heterocycles. The van der Waals surface area contributed by atoms with Crippen LogP contribution < -0.4 is 5.69 Å². The first-order chi connectivity index (χ1) is 19.6. The molecular weight excluding hydrogens is 531 g/mol. The Balaban J connectivity index is 1.43. The average molecular weight is 564 g/mol. The van der Waals surface area contributed by atoms with Crippen LogP contribution in [0.4, 0.5) is 13.2 Å². The standard InChI is InChI=1S/C30H32F3N7O/c1-20-5-4-10-38(15-20)16-22-11-25(30(31,32)33)26-18-39(28(41)40(26)17-22)24-7-3-6-23(12-24)29(13-21(14-29)8-9-34)27-36-35-19-37(27)2/h3,6-7,11-12,17-21H,4-5,8,10,13-16H2,1-2H3/t20-,21-,29+/m0/s1. The summed E-state index contributed by atoms with van der Waals surface area (Å²) in [6.07, 6.45) is 3.79. The first-order valence-electron chi connectivity index (χ1n) is 14.0. The maximum absolute atomic E-state index is 14.3. The largest absolute Gasteiger partial charge is 0.418 e. The number of hydrogen-bond acceptors (Lipinski definition) is 5. The van der Waals surface area contributed by atoms with E-state index < -0.39 is 22.8 Å². The fourth-order valence-electron chi connectivity index (χ4n) is 6.85. The van der Waals surface area contributed by atoms with Crippen LogP contribution in [0.15, 0.2) is 53.8 Å². The molecule has 11 heteroatoms. The van der Waals surface area contributed by atoms with Crippen molar-refractivity contribution in [2.45, 2.75) is 57.2 Å². The summed E-state index contributed by atoms with van der Waals surface area (Å²) in [5.74, 6) is 1.45. The molecule has 214 valence electrons. The third-order valence-corrected chi connectivity index (χ3v) is 8.75. The molecule has 1 aliphatic carbocycles. The SMILES string of the molecule is C[C@H]1CCCN(Cc2cc(C(F)(F)F)c3cn(-c4cccc([C@]5(c6nncn6C)C[C@@H](CC#N)C5)c4)c(=O)n3c2)C1. The van der Waals surface area contributed by atoms with Gasteiger partial charge in [-0.2, -0.15) is 18.4 Å². The molecule has 6 rings (SSSR count). The monoisotopic (exact) mass is 563 g/mol. The Hall–Kier alpha value is -3.91. The predicted octanol–water partition coefficient (Wildman–Crippen LogP) is 5.08. The molecule has 0 bridgehead atoms. The van der Waals surface area contributed by atoms with Crippen molar-refractivity contribution >= 4 is 5.52 Å². The highest BCUT2D eigenvalue weighted by atomic mass is 19.4. The van der Waals surface area contributed by atoms with E-state index >= 15 is 0 Å². The van der Waals surface area contributed by atoms with E-state index in [-0.39, 0.29) is 11.4 Å². The van der Waals surface area contributed by atoms with Crippen LogP contribution in [0.1, 0.15) is 61.5 Å². The summed E-state index contributed by atoms with van der Waals surface area (Å²) in [5.41, 5.74) is -0.224. The van der Waals surface area contributed by atoms with Gasteiger partial charge in [0.05, 0.1) is 28.3 Å². The molecule has 4 heterocycles. The second-order valence-electron chi connectivity index (χ2n) is 11.8. The molecule has 0 amide bonds. The topological polar surface area (TPSA) is 84.2 Å². The first-order valence-corrected chi connectivity index (χ1v) is 14.0. The molecule has 1 aromatic carbocycles. The third-order valence-electron chi connectivity index (χ3n) is 8.75. The van der Waals surface area contributed by atoms with Crippen LogP contribution in [0.25, 0.3) is 11.2 Å². The maximum atomic E-state index is 14.3. The Bertz CT molecular complexity index is 1690. The maximum Gasteiger partial charge on any atom is 0.418 e. The first kappa shape index (κ1) is 27.3. The average Bonchev–Trinajstić information content (AvgIpc) is 3.48. The van der Waals surface area contributed by atoms with Crippen LogP contribution in [0.2, 0.25) is 0 Å². The van der Waals surface area contributed by atoms with Crippen LogP contribution in [0.5, 0.6) is 0 Å². The van der Waals surface area contributed by atoms with E-state index in [9.17, 15) is 23.2 Å². The second kappa shape index (κ2) is 10.2. The minimum atomic E-state index is -4.62. The zero-order valence-corrected chi connectivity index (χ0v) is 23.1. The highest BCUT2D eigenvalue weighted by Crippen LogP contribution is 2.53. The number of benzene rings is 1. The van der Waals surface area contributed by atoms with Gasteiger partial charge in [0, 0.05) is 39.0 Å². The van der Waals surface area contributed by atoms with Gasteiger partial charge in [-0.25, -0.2) is 4.79 Å². The molecule has 41 heavy (non-hydrogen) atoms. The van der Waals surface area contributed by atoms with E-state index in [1.165, 1.54) is 16.8 Å². The van der Waals surface area contributed by atoms with Crippen LogP contribution in [0, 0.1) is 23.2 Å². The van der Waals surface area contributed by atoms with E-state index in [0.717, 1.165) is 41.7 Å². The number of nitrogens with zero attached hydrogens (tertiary/aromatic N) is 7. The summed E-state index contributed by atoms with van der Waals surface area (Å²) in [5, 5.41) is 17.6. The van der Waals surface area contributed by atoms with Crippen molar-refractivity contribution < 1.29 is 13.2 Å². The number of hydrogen-bond donors (Lipinski definition) is 0. The number of alkyl halides is 3. The zero-order valence-electron chi connectivity index (χ0n) is 23.1. The predicted molar refractivity (Wildman–Crippen MR) is 146 cm³/mol. The summed E-state index contributed by atoms with van der Waals surface area (Å²) < 4.78 is 47.1. The molecule has 0 radical (unpaired) electrons. The van der Waals surface area contributed by atoms with E-state index in [2.05, 4.69) is 28.1 Å². The Labute approximate surface area is 235 Å². The van der Waals surface area contributed by atoms with Gasteiger partial charge in [0.1, 0.15) is 12.2 Å². The number of pyridine rings is 1. The second-order valence-corrected chi connectivity index (χ2v) is 11.8. The van der Waals surface area contributed by atoms with E-state index in [1.807, 2.05) is 29.8 Å². The number of aryl methyl sites for hydroxylation is 1. The number of rotatable bonds is 6. The van der Waals surface area contributed by atoms with Gasteiger partial charge in [0.15, 0.2) is 0 Å². The van der Waals surface area contributed by atoms with Crippen LogP contribution in [-0.4, -0.2) is 41.7 Å². The number of imidazole rings is 1. The van der Waals surface area contributed by atoms with Gasteiger partial charge in [0.2, 0.25) is 0 Å². The molecule has 1 saturated heterocycles. The van der Waals surface area contributed by atoms with E-state index in [0.29, 0.717) is 43.0 Å². The normalized spacial score (nSPS) is 23.4. The van der Waals surface area contributed by atoms with Gasteiger partial charge in [-0.05, 0) is 73.4 Å². The quantitative estimate of drug-likeness (QED) is 0.327. The number of nitriles is 1. The minimum absolute atomic E-state index is 0.176. The molecular formula is C30H32F3N7O. The molecule has 4 aromatic rings. The van der Waals surface area contributed by atoms with Crippen molar-refractivity contribution in [1.29, 1.82) is 5.26 Å². The van der Waals surface area contributed by atoms with E-state index in [1.54, 1.807) is 18.6 Å². The Morgan fingerprint density at radius 1 is 1.20 bits per heavy atom. The van der Waals surface area contributed by atoms with Gasteiger partial charge in [0.25, 0.3) is 0 Å². The minimum Gasteiger partial charge on any atom is -0.320 e. The van der Waals surface area contributed by atoms with Crippen molar-refractivity contribution in [3.8, 4) is 11.8 Å². The lowest BCUT2D eigenvalue weighted by Crippen LogP contribution is -2.44. The number of fused-ring (bicyclic) bond motifs is 1. The fourth-order valence-corrected chi connectivity index (χ4v) is 6.85. The molecule has 2 fully saturated rings. The highest BCUT2D eigenvalue weighted by molar-refractivity contribution is 5.58. The van der Waals surface area contributed by atoms with Gasteiger partial charge in [-0.1, -0.05) is 19.1 Å². The number of halogens is 3. The summed E-state index contributed by atoms with van der Waals surface area (Å²) >= 11 is 0. The zero-order chi connectivity index (χ0) is 28.9. The van der Waals surface area contributed by atoms with Crippen LogP contribution in [0.3, 0.4) is 0 Å². The van der Waals surface area contributed by atoms with Gasteiger partial charge >= 0.3 is 11.9 Å². The van der Waals surface area contributed by atoms with Gasteiger partial charge < -0.3 is 4.57 Å². The van der Waals surface area contributed by atoms with Crippen LogP contribution in [-0.2, 0) is 25.2 Å². The van der Waals surface area contributed by atoms with E-state index in [4.69, 9.17) is 0 Å². The van der Waals surface area contributed by atoms with Crippen molar-refractivity contribution in [2.24, 2.45) is 18.9 Å². The van der Waals surface area contributed by atoms with Crippen molar-refractivity contribution in [3.05, 3.63) is 82.1 Å². The molecule has 2 aliphatic rings. The Morgan fingerprint density at radius 3 is 2.68 bits per heavy atom. The summed E-state index contributed by atoms with van der Waals surface area (Å²) in [6, 6.07) is 10.8. The lowest BCUT2D eigenvalue weighted by Gasteiger charge is -2.46. The van der Waals surface area contributed by atoms with Gasteiger partial charge in [-0.15, -0.1) is 10.2 Å². The third kappa shape index (κ3) is 4.84. The summed E-state index contributed by atoms with van der Waals surface area (Å²) in [7, 11) is 1.87. The number of likely N-dealkylation sites (tertiary alicyclic amines) is 1. The summed E-state index contributed by atoms with van der Waals surface area (Å²) in [6.45, 7) is 4.16. The Morgan fingerprint density at radius 2 is 2.00 bits per heavy atom. The summed E-state index contributed by atoms with van der Waals surface area (Å²) in [4.78, 5) is 15.8. The molecule has 8 nitrogen and oxygen atoms in total. The highest BCUT2D eigenvalue weighted by Gasteiger charge is 2.49.